The lowest BCUT2D eigenvalue weighted by Gasteiger charge is -2.14. The summed E-state index contributed by atoms with van der Waals surface area (Å²) in [6.07, 6.45) is 3.38. The van der Waals surface area contributed by atoms with E-state index in [2.05, 4.69) is 25.4 Å². The molecule has 4 aromatic heterocycles. The number of pyridine rings is 2. The van der Waals surface area contributed by atoms with E-state index in [9.17, 15) is 18.0 Å². The largest absolute Gasteiger partial charge is 0.434 e. The molecule has 1 aromatic carbocycles. The van der Waals surface area contributed by atoms with Crippen molar-refractivity contribution < 1.29 is 18.0 Å². The van der Waals surface area contributed by atoms with Gasteiger partial charge in [0, 0.05) is 36.4 Å². The normalized spacial score (nSPS) is 11.7. The molecule has 1 amide bonds. The molecule has 0 aliphatic rings. The molecule has 0 atom stereocenters. The minimum Gasteiger partial charge on any atom is -0.333 e. The van der Waals surface area contributed by atoms with Gasteiger partial charge in [-0.05, 0) is 6.07 Å². The smallest absolute Gasteiger partial charge is 0.333 e. The third-order valence-corrected chi connectivity index (χ3v) is 5.58. The van der Waals surface area contributed by atoms with Crippen molar-refractivity contribution in [2.75, 3.05) is 5.32 Å². The summed E-state index contributed by atoms with van der Waals surface area (Å²) in [7, 11) is 1.76. The van der Waals surface area contributed by atoms with Gasteiger partial charge in [-0.1, -0.05) is 35.9 Å². The molecular formula is C23H15ClF3N7O. The number of nitrogens with zero attached hydrogens (tertiary/aromatic N) is 6. The van der Waals surface area contributed by atoms with Crippen LogP contribution in [0, 0.1) is 0 Å². The standard InChI is InChI=1S/C23H15ClF3N7O/c1-33-7-6-29-21(33)19-17(24)8-14(10-30-19)32-22(35)16-11-31-34(20(16)23(25,26)27)18-12-28-9-13-4-2-3-5-15(13)18/h2-12H,1H3,(H,32,35). The number of halogens is 4. The van der Waals surface area contributed by atoms with Crippen molar-refractivity contribution in [3.63, 3.8) is 0 Å². The van der Waals surface area contributed by atoms with Crippen molar-refractivity contribution >= 4 is 34.0 Å². The lowest BCUT2D eigenvalue weighted by Crippen LogP contribution is -2.21. The number of hydrogen-bond acceptors (Lipinski definition) is 5. The lowest BCUT2D eigenvalue weighted by molar-refractivity contribution is -0.143. The molecule has 0 bridgehead atoms. The summed E-state index contributed by atoms with van der Waals surface area (Å²) in [6, 6.07) is 8.22. The molecule has 5 rings (SSSR count). The highest BCUT2D eigenvalue weighted by Crippen LogP contribution is 2.35. The van der Waals surface area contributed by atoms with Crippen LogP contribution in [0.3, 0.4) is 0 Å². The van der Waals surface area contributed by atoms with Gasteiger partial charge in [-0.15, -0.1) is 0 Å². The number of nitrogens with one attached hydrogen (secondary N) is 1. The molecule has 12 heteroatoms. The molecule has 5 aromatic rings. The maximum absolute atomic E-state index is 14.1. The Labute approximate surface area is 201 Å². The first kappa shape index (κ1) is 22.5. The molecule has 0 aliphatic heterocycles. The van der Waals surface area contributed by atoms with Crippen molar-refractivity contribution in [3.05, 3.63) is 83.8 Å². The highest BCUT2D eigenvalue weighted by Gasteiger charge is 2.41. The average Bonchev–Trinajstić information content (AvgIpc) is 3.45. The molecule has 0 spiro atoms. The first-order chi connectivity index (χ1) is 16.7. The van der Waals surface area contributed by atoms with Gasteiger partial charge in [0.25, 0.3) is 5.91 Å². The molecule has 35 heavy (non-hydrogen) atoms. The molecular weight excluding hydrogens is 483 g/mol. The average molecular weight is 498 g/mol. The number of aromatic nitrogens is 6. The van der Waals surface area contributed by atoms with Crippen molar-refractivity contribution in [2.45, 2.75) is 6.18 Å². The van der Waals surface area contributed by atoms with Crippen LogP contribution in [0.1, 0.15) is 16.1 Å². The van der Waals surface area contributed by atoms with Crippen LogP contribution in [0.2, 0.25) is 5.02 Å². The number of alkyl halides is 3. The molecule has 0 saturated carbocycles. The first-order valence-electron chi connectivity index (χ1n) is 10.2. The molecule has 8 nitrogen and oxygen atoms in total. The van der Waals surface area contributed by atoms with Gasteiger partial charge in [-0.2, -0.15) is 18.3 Å². The van der Waals surface area contributed by atoms with E-state index in [1.54, 1.807) is 48.3 Å². The Morgan fingerprint density at radius 1 is 1.09 bits per heavy atom. The topological polar surface area (TPSA) is 90.5 Å². The first-order valence-corrected chi connectivity index (χ1v) is 10.5. The van der Waals surface area contributed by atoms with E-state index in [1.165, 1.54) is 24.7 Å². The molecule has 176 valence electrons. The van der Waals surface area contributed by atoms with E-state index in [0.717, 1.165) is 6.20 Å². The van der Waals surface area contributed by atoms with Crippen molar-refractivity contribution in [1.82, 2.24) is 29.3 Å². The number of carbonyl (C=O) groups is 1. The second kappa shape index (κ2) is 8.51. The molecule has 0 aliphatic carbocycles. The number of benzene rings is 1. The second-order valence-electron chi connectivity index (χ2n) is 7.57. The van der Waals surface area contributed by atoms with Crippen LogP contribution in [0.4, 0.5) is 18.9 Å². The summed E-state index contributed by atoms with van der Waals surface area (Å²) < 4.78 is 44.8. The number of carbonyl (C=O) groups excluding carboxylic acids is 1. The monoisotopic (exact) mass is 497 g/mol. The molecule has 1 N–H and O–H groups in total. The van der Waals surface area contributed by atoms with E-state index in [-0.39, 0.29) is 16.4 Å². The van der Waals surface area contributed by atoms with Gasteiger partial charge in [-0.25, -0.2) is 14.6 Å². The Balaban J connectivity index is 1.52. The van der Waals surface area contributed by atoms with E-state index in [4.69, 9.17) is 11.6 Å². The number of imidazole rings is 1. The van der Waals surface area contributed by atoms with E-state index >= 15 is 0 Å². The van der Waals surface area contributed by atoms with E-state index in [0.29, 0.717) is 27.0 Å². The SMILES string of the molecule is Cn1ccnc1-c1ncc(NC(=O)c2cnn(-c3cncc4ccccc34)c2C(F)(F)F)cc1Cl. The Morgan fingerprint density at radius 3 is 2.60 bits per heavy atom. The van der Waals surface area contributed by atoms with Gasteiger partial charge in [0.05, 0.1) is 40.6 Å². The van der Waals surface area contributed by atoms with Crippen LogP contribution >= 0.6 is 11.6 Å². The van der Waals surface area contributed by atoms with Crippen LogP contribution in [0.15, 0.2) is 67.5 Å². The fourth-order valence-electron chi connectivity index (χ4n) is 3.70. The molecule has 0 unspecified atom stereocenters. The minimum absolute atomic E-state index is 0.0959. The summed E-state index contributed by atoms with van der Waals surface area (Å²) in [5.41, 5.74) is -1.31. The van der Waals surface area contributed by atoms with Gasteiger partial charge in [0.1, 0.15) is 5.69 Å². The second-order valence-corrected chi connectivity index (χ2v) is 7.97. The molecule has 0 radical (unpaired) electrons. The fraction of sp³-hybridized carbons (Fsp3) is 0.0870. The Morgan fingerprint density at radius 2 is 1.89 bits per heavy atom. The highest BCUT2D eigenvalue weighted by molar-refractivity contribution is 6.33. The highest BCUT2D eigenvalue weighted by atomic mass is 35.5. The van der Waals surface area contributed by atoms with E-state index in [1.807, 2.05) is 0 Å². The lowest BCUT2D eigenvalue weighted by atomic mass is 10.1. The van der Waals surface area contributed by atoms with Crippen molar-refractivity contribution in [3.8, 4) is 17.2 Å². The van der Waals surface area contributed by atoms with Gasteiger partial charge in [0.15, 0.2) is 11.5 Å². The van der Waals surface area contributed by atoms with Crippen LogP contribution in [-0.2, 0) is 13.2 Å². The zero-order valence-electron chi connectivity index (χ0n) is 18.0. The maximum Gasteiger partial charge on any atom is 0.434 e. The zero-order valence-corrected chi connectivity index (χ0v) is 18.7. The Hall–Kier alpha value is -4.25. The summed E-state index contributed by atoms with van der Waals surface area (Å²) >= 11 is 6.30. The Bertz CT molecular complexity index is 1570. The predicted molar refractivity (Wildman–Crippen MR) is 123 cm³/mol. The summed E-state index contributed by atoms with van der Waals surface area (Å²) in [6.45, 7) is 0. The number of aryl methyl sites for hydroxylation is 1. The van der Waals surface area contributed by atoms with Gasteiger partial charge in [-0.3, -0.25) is 9.78 Å². The zero-order chi connectivity index (χ0) is 24.7. The number of fused-ring (bicyclic) bond motifs is 1. The van der Waals surface area contributed by atoms with Crippen LogP contribution < -0.4 is 5.32 Å². The summed E-state index contributed by atoms with van der Waals surface area (Å²) in [5, 5.41) is 7.61. The van der Waals surface area contributed by atoms with Gasteiger partial charge < -0.3 is 9.88 Å². The number of rotatable bonds is 4. The molecule has 4 heterocycles. The number of anilines is 1. The van der Waals surface area contributed by atoms with Gasteiger partial charge in [0.2, 0.25) is 0 Å². The van der Waals surface area contributed by atoms with Crippen molar-refractivity contribution in [2.24, 2.45) is 7.05 Å². The quantitative estimate of drug-likeness (QED) is 0.371. The third kappa shape index (κ3) is 4.10. The van der Waals surface area contributed by atoms with Crippen molar-refractivity contribution in [1.29, 1.82) is 0 Å². The summed E-state index contributed by atoms with van der Waals surface area (Å²) in [5.74, 6) is -0.517. The van der Waals surface area contributed by atoms with Gasteiger partial charge >= 0.3 is 6.18 Å². The maximum atomic E-state index is 14.1. The van der Waals surface area contributed by atoms with Crippen LogP contribution in [-0.4, -0.2) is 35.2 Å². The fourth-order valence-corrected chi connectivity index (χ4v) is 3.95. The number of amides is 1. The molecule has 0 fully saturated rings. The van der Waals surface area contributed by atoms with E-state index < -0.39 is 23.3 Å². The third-order valence-electron chi connectivity index (χ3n) is 5.29. The van der Waals surface area contributed by atoms with Crippen LogP contribution in [0.5, 0.6) is 0 Å². The molecule has 0 saturated heterocycles. The predicted octanol–water partition coefficient (Wildman–Crippen LogP) is 5.14. The minimum atomic E-state index is -4.88. The number of hydrogen-bond donors (Lipinski definition) is 1. The van der Waals surface area contributed by atoms with Crippen LogP contribution in [0.25, 0.3) is 28.0 Å². The Kier molecular flexibility index (Phi) is 5.48. The summed E-state index contributed by atoms with van der Waals surface area (Å²) in [4.78, 5) is 25.3.